The largest absolute Gasteiger partial charge is 0.379 e. The molecule has 1 aromatic carbocycles. The molecular formula is C20H30N4O3. The molecular weight excluding hydrogens is 344 g/mol. The predicted octanol–water partition coefficient (Wildman–Crippen LogP) is 0.759. The summed E-state index contributed by atoms with van der Waals surface area (Å²) in [7, 11) is 3.96. The Morgan fingerprint density at radius 2 is 1.52 bits per heavy atom. The zero-order chi connectivity index (χ0) is 19.2. The molecule has 2 fully saturated rings. The van der Waals surface area contributed by atoms with E-state index in [1.807, 2.05) is 53.1 Å². The van der Waals surface area contributed by atoms with Crippen LogP contribution in [0.15, 0.2) is 24.3 Å². The molecule has 2 aliphatic rings. The van der Waals surface area contributed by atoms with Crippen molar-refractivity contribution in [1.82, 2.24) is 14.7 Å². The van der Waals surface area contributed by atoms with E-state index in [0.29, 0.717) is 38.2 Å². The van der Waals surface area contributed by atoms with Crippen LogP contribution in [0.5, 0.6) is 0 Å². The van der Waals surface area contributed by atoms with E-state index in [-0.39, 0.29) is 11.8 Å². The lowest BCUT2D eigenvalue weighted by molar-refractivity contribution is -0.133. The summed E-state index contributed by atoms with van der Waals surface area (Å²) < 4.78 is 5.33. The van der Waals surface area contributed by atoms with Crippen molar-refractivity contribution < 1.29 is 14.3 Å². The molecule has 0 aliphatic carbocycles. The van der Waals surface area contributed by atoms with Gasteiger partial charge in [0.1, 0.15) is 0 Å². The van der Waals surface area contributed by atoms with Gasteiger partial charge in [-0.25, -0.2) is 0 Å². The summed E-state index contributed by atoms with van der Waals surface area (Å²) in [5.41, 5.74) is 1.77. The highest BCUT2D eigenvalue weighted by Gasteiger charge is 2.25. The van der Waals surface area contributed by atoms with E-state index in [1.54, 1.807) is 0 Å². The second-order valence-corrected chi connectivity index (χ2v) is 7.32. The second-order valence-electron chi connectivity index (χ2n) is 7.32. The number of carbonyl (C=O) groups is 2. The number of morpholine rings is 1. The van der Waals surface area contributed by atoms with Gasteiger partial charge in [0.2, 0.25) is 5.91 Å². The third-order valence-electron chi connectivity index (χ3n) is 5.30. The van der Waals surface area contributed by atoms with E-state index < -0.39 is 0 Å². The SMILES string of the molecule is CN(C)c1ccc(C(=O)N2CCN(C(=O)CCN3CCOCC3)CC2)cc1. The maximum Gasteiger partial charge on any atom is 0.253 e. The summed E-state index contributed by atoms with van der Waals surface area (Å²) in [5, 5.41) is 0. The van der Waals surface area contributed by atoms with Crippen LogP contribution in [0.2, 0.25) is 0 Å². The Morgan fingerprint density at radius 1 is 0.926 bits per heavy atom. The van der Waals surface area contributed by atoms with Crippen molar-refractivity contribution in [1.29, 1.82) is 0 Å². The molecule has 7 nitrogen and oxygen atoms in total. The fourth-order valence-corrected chi connectivity index (χ4v) is 3.48. The Kier molecular flexibility index (Phi) is 6.68. The number of nitrogens with zero attached hydrogens (tertiary/aromatic N) is 4. The van der Waals surface area contributed by atoms with Crippen LogP contribution < -0.4 is 4.90 Å². The molecule has 3 rings (SSSR count). The van der Waals surface area contributed by atoms with Crippen molar-refractivity contribution in [3.8, 4) is 0 Å². The Labute approximate surface area is 161 Å². The number of hydrogen-bond donors (Lipinski definition) is 0. The summed E-state index contributed by atoms with van der Waals surface area (Å²) in [6, 6.07) is 7.66. The Bertz CT molecular complexity index is 633. The molecule has 27 heavy (non-hydrogen) atoms. The molecule has 0 unspecified atom stereocenters. The minimum absolute atomic E-state index is 0.0423. The summed E-state index contributed by atoms with van der Waals surface area (Å²) in [6.45, 7) is 6.53. The van der Waals surface area contributed by atoms with Crippen LogP contribution in [-0.2, 0) is 9.53 Å². The molecule has 0 spiro atoms. The lowest BCUT2D eigenvalue weighted by Gasteiger charge is -2.35. The van der Waals surface area contributed by atoms with Crippen molar-refractivity contribution in [3.63, 3.8) is 0 Å². The van der Waals surface area contributed by atoms with Crippen LogP contribution in [0.1, 0.15) is 16.8 Å². The molecule has 0 N–H and O–H groups in total. The van der Waals surface area contributed by atoms with Crippen LogP contribution in [0.3, 0.4) is 0 Å². The van der Waals surface area contributed by atoms with E-state index >= 15 is 0 Å². The number of carbonyl (C=O) groups excluding carboxylic acids is 2. The van der Waals surface area contributed by atoms with Crippen molar-refractivity contribution in [2.75, 3.05) is 78.0 Å². The maximum atomic E-state index is 12.7. The standard InChI is InChI=1S/C20H30N4O3/c1-21(2)18-5-3-17(4-6-18)20(26)24-11-9-23(10-12-24)19(25)7-8-22-13-15-27-16-14-22/h3-6H,7-16H2,1-2H3. The fraction of sp³-hybridized carbons (Fsp3) is 0.600. The molecule has 2 saturated heterocycles. The molecule has 0 aromatic heterocycles. The number of benzene rings is 1. The number of piperazine rings is 1. The highest BCUT2D eigenvalue weighted by atomic mass is 16.5. The normalized spacial score (nSPS) is 18.4. The minimum Gasteiger partial charge on any atom is -0.379 e. The monoisotopic (exact) mass is 374 g/mol. The van der Waals surface area contributed by atoms with Gasteiger partial charge in [-0.3, -0.25) is 14.5 Å². The minimum atomic E-state index is 0.0423. The molecule has 0 saturated carbocycles. The fourth-order valence-electron chi connectivity index (χ4n) is 3.48. The molecule has 7 heteroatoms. The Balaban J connectivity index is 1.44. The first-order valence-corrected chi connectivity index (χ1v) is 9.69. The quantitative estimate of drug-likeness (QED) is 0.762. The number of ether oxygens (including phenoxy) is 1. The summed E-state index contributed by atoms with van der Waals surface area (Å²) in [5.74, 6) is 0.227. The van der Waals surface area contributed by atoms with Crippen LogP contribution in [0.4, 0.5) is 5.69 Å². The van der Waals surface area contributed by atoms with E-state index in [4.69, 9.17) is 4.74 Å². The van der Waals surface area contributed by atoms with Gasteiger partial charge in [0.15, 0.2) is 0 Å². The average Bonchev–Trinajstić information content (AvgIpc) is 2.72. The van der Waals surface area contributed by atoms with Gasteiger partial charge >= 0.3 is 0 Å². The number of anilines is 1. The van der Waals surface area contributed by atoms with E-state index in [1.165, 1.54) is 0 Å². The highest BCUT2D eigenvalue weighted by Crippen LogP contribution is 2.15. The molecule has 2 aliphatic heterocycles. The van der Waals surface area contributed by atoms with Gasteiger partial charge in [-0.1, -0.05) is 0 Å². The topological polar surface area (TPSA) is 56.3 Å². The zero-order valence-corrected chi connectivity index (χ0v) is 16.4. The average molecular weight is 374 g/mol. The van der Waals surface area contributed by atoms with Gasteiger partial charge in [0, 0.05) is 77.6 Å². The van der Waals surface area contributed by atoms with Crippen molar-refractivity contribution in [2.45, 2.75) is 6.42 Å². The van der Waals surface area contributed by atoms with Gasteiger partial charge in [-0.2, -0.15) is 0 Å². The molecule has 0 atom stereocenters. The number of rotatable bonds is 5. The van der Waals surface area contributed by atoms with Crippen LogP contribution in [0.25, 0.3) is 0 Å². The summed E-state index contributed by atoms with van der Waals surface area (Å²) >= 11 is 0. The molecule has 2 heterocycles. The third-order valence-corrected chi connectivity index (χ3v) is 5.30. The van der Waals surface area contributed by atoms with Gasteiger partial charge in [0.25, 0.3) is 5.91 Å². The first-order chi connectivity index (χ1) is 13.0. The highest BCUT2D eigenvalue weighted by molar-refractivity contribution is 5.94. The van der Waals surface area contributed by atoms with Crippen LogP contribution in [-0.4, -0.2) is 99.6 Å². The number of amides is 2. The third kappa shape index (κ3) is 5.20. The van der Waals surface area contributed by atoms with Gasteiger partial charge in [0.05, 0.1) is 13.2 Å². The van der Waals surface area contributed by atoms with E-state index in [2.05, 4.69) is 4.90 Å². The van der Waals surface area contributed by atoms with Crippen LogP contribution in [0, 0.1) is 0 Å². The second kappa shape index (κ2) is 9.19. The Morgan fingerprint density at radius 3 is 2.11 bits per heavy atom. The van der Waals surface area contributed by atoms with Gasteiger partial charge in [-0.15, -0.1) is 0 Å². The van der Waals surface area contributed by atoms with Crippen LogP contribution >= 0.6 is 0 Å². The first kappa shape index (κ1) is 19.6. The first-order valence-electron chi connectivity index (χ1n) is 9.69. The van der Waals surface area contributed by atoms with Crippen molar-refractivity contribution in [2.24, 2.45) is 0 Å². The molecule has 148 valence electrons. The molecule has 2 amide bonds. The number of hydrogen-bond acceptors (Lipinski definition) is 5. The van der Waals surface area contributed by atoms with E-state index in [0.717, 1.165) is 38.5 Å². The zero-order valence-electron chi connectivity index (χ0n) is 16.4. The lowest BCUT2D eigenvalue weighted by Crippen LogP contribution is -2.51. The van der Waals surface area contributed by atoms with Crippen molar-refractivity contribution >= 4 is 17.5 Å². The molecule has 0 radical (unpaired) electrons. The van der Waals surface area contributed by atoms with Gasteiger partial charge < -0.3 is 19.4 Å². The summed E-state index contributed by atoms with van der Waals surface area (Å²) in [4.78, 5) is 33.1. The predicted molar refractivity (Wildman–Crippen MR) is 105 cm³/mol. The van der Waals surface area contributed by atoms with Crippen molar-refractivity contribution in [3.05, 3.63) is 29.8 Å². The smallest absolute Gasteiger partial charge is 0.253 e. The van der Waals surface area contributed by atoms with Gasteiger partial charge in [-0.05, 0) is 24.3 Å². The Hall–Kier alpha value is -2.12. The maximum absolute atomic E-state index is 12.7. The summed E-state index contributed by atoms with van der Waals surface area (Å²) in [6.07, 6.45) is 0.542. The van der Waals surface area contributed by atoms with E-state index in [9.17, 15) is 9.59 Å². The molecule has 0 bridgehead atoms. The molecule has 1 aromatic rings. The lowest BCUT2D eigenvalue weighted by atomic mass is 10.1.